The first-order chi connectivity index (χ1) is 13.7. The molecule has 0 unspecified atom stereocenters. The Hall–Kier alpha value is -1.55. The number of ether oxygens (including phenoxy) is 1. The third-order valence-electron chi connectivity index (χ3n) is 7.90. The van der Waals surface area contributed by atoms with Crippen LogP contribution in [-0.4, -0.2) is 36.0 Å². The maximum atomic E-state index is 11.0. The van der Waals surface area contributed by atoms with Crippen LogP contribution in [0.1, 0.15) is 62.5 Å². The van der Waals surface area contributed by atoms with Crippen molar-refractivity contribution in [2.45, 2.75) is 63.4 Å². The van der Waals surface area contributed by atoms with Crippen molar-refractivity contribution in [1.82, 2.24) is 0 Å². The second-order valence-corrected chi connectivity index (χ2v) is 10.8. The molecule has 0 bridgehead atoms. The zero-order chi connectivity index (χ0) is 20.9. The molecule has 0 amide bonds. The van der Waals surface area contributed by atoms with Crippen LogP contribution in [0.15, 0.2) is 18.2 Å². The molecule has 0 spiro atoms. The summed E-state index contributed by atoms with van der Waals surface area (Å²) in [4.78, 5) is 0. The lowest BCUT2D eigenvalue weighted by molar-refractivity contribution is -0.0646. The largest absolute Gasteiger partial charge is 0.494 e. The summed E-state index contributed by atoms with van der Waals surface area (Å²) in [5.41, 5.74) is 1.55. The van der Waals surface area contributed by atoms with Crippen LogP contribution >= 0.6 is 0 Å². The predicted octanol–water partition coefficient (Wildman–Crippen LogP) is 3.56. The SMILES string of the molecule is C#C[C@]1(O)CC[C@H]2[C@@H]3CCc4cc(OCCCS(=O)(=O)O)ccc4[C@H]3CC[C@@]21C. The molecule has 0 aliphatic heterocycles. The normalized spacial score (nSPS) is 35.9. The van der Waals surface area contributed by atoms with Crippen LogP contribution in [-0.2, 0) is 16.5 Å². The van der Waals surface area contributed by atoms with Gasteiger partial charge >= 0.3 is 0 Å². The van der Waals surface area contributed by atoms with Crippen LogP contribution in [0.2, 0.25) is 0 Å². The van der Waals surface area contributed by atoms with Gasteiger partial charge in [-0.05, 0) is 86.0 Å². The van der Waals surface area contributed by atoms with E-state index in [1.54, 1.807) is 0 Å². The molecule has 2 saturated carbocycles. The molecule has 0 radical (unpaired) electrons. The Morgan fingerprint density at radius 3 is 2.79 bits per heavy atom. The Bertz CT molecular complexity index is 933. The number of terminal acetylenes is 1. The standard InChI is InChI=1S/C23H30O5S/c1-3-23(24)12-10-21-20-7-5-16-15-17(28-13-4-14-29(25,26)27)6-8-18(16)19(20)9-11-22(21,23)2/h1,6,8,15,19-21,24H,4-5,7,9-14H2,2H3,(H,25,26,27)/t19-,20-,21+,22+,23+/m1/s1. The van der Waals surface area contributed by atoms with Crippen molar-refractivity contribution < 1.29 is 22.8 Å². The van der Waals surface area contributed by atoms with Crippen molar-refractivity contribution in [2.24, 2.45) is 17.3 Å². The molecule has 1 aromatic rings. The number of aliphatic hydroxyl groups is 1. The van der Waals surface area contributed by atoms with Gasteiger partial charge in [0.05, 0.1) is 12.4 Å². The second kappa shape index (κ2) is 7.30. The number of hydrogen-bond acceptors (Lipinski definition) is 4. The predicted molar refractivity (Wildman–Crippen MR) is 111 cm³/mol. The van der Waals surface area contributed by atoms with Gasteiger partial charge in [0.15, 0.2) is 0 Å². The maximum absolute atomic E-state index is 11.0. The molecule has 5 atom stereocenters. The molecular formula is C23H30O5S. The van der Waals surface area contributed by atoms with Gasteiger partial charge in [-0.25, -0.2) is 0 Å². The summed E-state index contributed by atoms with van der Waals surface area (Å²) in [6.45, 7) is 2.45. The summed E-state index contributed by atoms with van der Waals surface area (Å²) in [6.07, 6.45) is 11.8. The van der Waals surface area contributed by atoms with Crippen LogP contribution in [0.5, 0.6) is 5.75 Å². The van der Waals surface area contributed by atoms with E-state index < -0.39 is 15.7 Å². The third-order valence-corrected chi connectivity index (χ3v) is 8.71. The number of benzene rings is 1. The van der Waals surface area contributed by atoms with Gasteiger partial charge in [-0.2, -0.15) is 8.42 Å². The lowest BCUT2D eigenvalue weighted by Crippen LogP contribution is -2.50. The summed E-state index contributed by atoms with van der Waals surface area (Å²) in [5, 5.41) is 11.0. The van der Waals surface area contributed by atoms with E-state index in [1.165, 1.54) is 11.1 Å². The van der Waals surface area contributed by atoms with Crippen molar-refractivity contribution in [3.63, 3.8) is 0 Å². The Kier molecular flexibility index (Phi) is 5.21. The van der Waals surface area contributed by atoms with Crippen molar-refractivity contribution in [1.29, 1.82) is 0 Å². The van der Waals surface area contributed by atoms with Gasteiger partial charge in [-0.1, -0.05) is 18.9 Å². The quantitative estimate of drug-likeness (QED) is 0.434. The van der Waals surface area contributed by atoms with Crippen LogP contribution < -0.4 is 4.74 Å². The second-order valence-electron chi connectivity index (χ2n) is 9.26. The smallest absolute Gasteiger partial charge is 0.264 e. The van der Waals surface area contributed by atoms with Gasteiger partial charge in [-0.3, -0.25) is 4.55 Å². The van der Waals surface area contributed by atoms with E-state index in [9.17, 15) is 13.5 Å². The number of hydrogen-bond donors (Lipinski definition) is 2. The van der Waals surface area contributed by atoms with E-state index in [-0.39, 0.29) is 24.2 Å². The molecule has 5 nitrogen and oxygen atoms in total. The number of aryl methyl sites for hydroxylation is 1. The van der Waals surface area contributed by atoms with E-state index in [2.05, 4.69) is 25.0 Å². The highest BCUT2D eigenvalue weighted by Gasteiger charge is 2.61. The molecule has 1 aromatic carbocycles. The minimum absolute atomic E-state index is 0.184. The van der Waals surface area contributed by atoms with Crippen molar-refractivity contribution >= 4 is 10.1 Å². The molecule has 0 aromatic heterocycles. The highest BCUT2D eigenvalue weighted by atomic mass is 32.2. The Morgan fingerprint density at radius 1 is 1.28 bits per heavy atom. The molecule has 2 fully saturated rings. The summed E-state index contributed by atoms with van der Waals surface area (Å²) in [5.74, 6) is 4.72. The average Bonchev–Trinajstić information content (AvgIpc) is 2.96. The fourth-order valence-corrected chi connectivity index (χ4v) is 6.82. The number of rotatable bonds is 5. The first-order valence-corrected chi connectivity index (χ1v) is 12.2. The van der Waals surface area contributed by atoms with Gasteiger partial charge < -0.3 is 9.84 Å². The molecule has 29 heavy (non-hydrogen) atoms. The minimum Gasteiger partial charge on any atom is -0.494 e. The van der Waals surface area contributed by atoms with E-state index in [4.69, 9.17) is 15.7 Å². The molecular weight excluding hydrogens is 388 g/mol. The van der Waals surface area contributed by atoms with Crippen LogP contribution in [0, 0.1) is 29.6 Å². The number of fused-ring (bicyclic) bond motifs is 5. The zero-order valence-corrected chi connectivity index (χ0v) is 17.7. The zero-order valence-electron chi connectivity index (χ0n) is 16.9. The highest BCUT2D eigenvalue weighted by Crippen LogP contribution is 2.64. The van der Waals surface area contributed by atoms with E-state index in [0.29, 0.717) is 24.2 Å². The average molecular weight is 419 g/mol. The Morgan fingerprint density at radius 2 is 2.07 bits per heavy atom. The monoisotopic (exact) mass is 418 g/mol. The molecule has 0 heterocycles. The fourth-order valence-electron chi connectivity index (χ4n) is 6.33. The minimum atomic E-state index is -3.94. The van der Waals surface area contributed by atoms with Gasteiger partial charge in [0.1, 0.15) is 11.4 Å². The maximum Gasteiger partial charge on any atom is 0.264 e. The highest BCUT2D eigenvalue weighted by molar-refractivity contribution is 7.85. The Labute approximate surface area is 173 Å². The van der Waals surface area contributed by atoms with Crippen LogP contribution in [0.4, 0.5) is 0 Å². The van der Waals surface area contributed by atoms with Gasteiger partial charge in [0.2, 0.25) is 0 Å². The molecule has 6 heteroatoms. The topological polar surface area (TPSA) is 83.8 Å². The molecule has 0 saturated heterocycles. The molecule has 3 aliphatic carbocycles. The summed E-state index contributed by atoms with van der Waals surface area (Å²) < 4.78 is 36.1. The lowest BCUT2D eigenvalue weighted by atomic mass is 9.53. The van der Waals surface area contributed by atoms with Crippen molar-refractivity contribution in [3.05, 3.63) is 29.3 Å². The lowest BCUT2D eigenvalue weighted by Gasteiger charge is -2.52. The summed E-state index contributed by atoms with van der Waals surface area (Å²) in [6, 6.07) is 6.21. The fraction of sp³-hybridized carbons (Fsp3) is 0.652. The van der Waals surface area contributed by atoms with E-state index >= 15 is 0 Å². The van der Waals surface area contributed by atoms with E-state index in [0.717, 1.165) is 37.9 Å². The summed E-state index contributed by atoms with van der Waals surface area (Å²) >= 11 is 0. The third kappa shape index (κ3) is 3.58. The molecule has 4 rings (SSSR count). The van der Waals surface area contributed by atoms with Crippen LogP contribution in [0.3, 0.4) is 0 Å². The van der Waals surface area contributed by atoms with Crippen molar-refractivity contribution in [2.75, 3.05) is 12.4 Å². The van der Waals surface area contributed by atoms with Gasteiger partial charge in [-0.15, -0.1) is 6.42 Å². The van der Waals surface area contributed by atoms with Gasteiger partial charge in [0.25, 0.3) is 10.1 Å². The molecule has 158 valence electrons. The first kappa shape index (κ1) is 20.7. The molecule has 2 N–H and O–H groups in total. The van der Waals surface area contributed by atoms with E-state index in [1.807, 2.05) is 6.07 Å². The van der Waals surface area contributed by atoms with Crippen molar-refractivity contribution in [3.8, 4) is 18.1 Å². The molecule has 3 aliphatic rings. The first-order valence-electron chi connectivity index (χ1n) is 10.6. The summed E-state index contributed by atoms with van der Waals surface area (Å²) in [7, 11) is -3.94. The van der Waals surface area contributed by atoms with Gasteiger partial charge in [0, 0.05) is 5.41 Å². The Balaban J connectivity index is 1.47. The van der Waals surface area contributed by atoms with Crippen LogP contribution in [0.25, 0.3) is 0 Å².